The smallest absolute Gasteiger partial charge is 0.0417 e. The Morgan fingerprint density at radius 2 is 1.83 bits per heavy atom. The first-order valence-electron chi connectivity index (χ1n) is 5.97. The molecule has 0 heterocycles. The molecule has 1 unspecified atom stereocenters. The van der Waals surface area contributed by atoms with E-state index in [2.05, 4.69) is 30.3 Å². The second-order valence-corrected chi connectivity index (χ2v) is 5.76. The van der Waals surface area contributed by atoms with Gasteiger partial charge in [0.25, 0.3) is 0 Å². The van der Waals surface area contributed by atoms with E-state index in [1.54, 1.807) is 0 Å². The van der Waals surface area contributed by atoms with Crippen molar-refractivity contribution in [2.75, 3.05) is 6.54 Å². The molecule has 2 aromatic rings. The lowest BCUT2D eigenvalue weighted by atomic mass is 10.1. The van der Waals surface area contributed by atoms with Crippen LogP contribution in [0.1, 0.15) is 17.2 Å². The fraction of sp³-hybridized carbons (Fsp3) is 0.200. The van der Waals surface area contributed by atoms with Crippen molar-refractivity contribution >= 4 is 23.4 Å². The first-order chi connectivity index (χ1) is 8.79. The average molecular weight is 278 g/mol. The highest BCUT2D eigenvalue weighted by atomic mass is 35.5. The number of halogens is 1. The Kier molecular flexibility index (Phi) is 5.12. The minimum Gasteiger partial charge on any atom is -0.330 e. The van der Waals surface area contributed by atoms with Crippen molar-refractivity contribution in [3.63, 3.8) is 0 Å². The molecule has 0 aliphatic rings. The van der Waals surface area contributed by atoms with Crippen LogP contribution in [0, 0.1) is 0 Å². The van der Waals surface area contributed by atoms with E-state index >= 15 is 0 Å². The van der Waals surface area contributed by atoms with Gasteiger partial charge in [0.1, 0.15) is 0 Å². The predicted octanol–water partition coefficient (Wildman–Crippen LogP) is 4.52. The molecule has 2 N–H and O–H groups in total. The van der Waals surface area contributed by atoms with Gasteiger partial charge in [-0.15, -0.1) is 11.8 Å². The molecule has 0 saturated heterocycles. The van der Waals surface area contributed by atoms with Gasteiger partial charge in [-0.25, -0.2) is 0 Å². The van der Waals surface area contributed by atoms with Gasteiger partial charge in [-0.05, 0) is 36.7 Å². The highest BCUT2D eigenvalue weighted by Crippen LogP contribution is 2.37. The van der Waals surface area contributed by atoms with E-state index in [1.165, 1.54) is 10.5 Å². The van der Waals surface area contributed by atoms with Crippen LogP contribution in [0.15, 0.2) is 59.5 Å². The maximum Gasteiger partial charge on any atom is 0.0417 e. The molecular formula is C15H16ClNS. The Balaban J connectivity index is 2.16. The van der Waals surface area contributed by atoms with Gasteiger partial charge in [0.15, 0.2) is 0 Å². The highest BCUT2D eigenvalue weighted by molar-refractivity contribution is 7.99. The molecule has 3 heteroatoms. The van der Waals surface area contributed by atoms with Crippen LogP contribution >= 0.6 is 23.4 Å². The van der Waals surface area contributed by atoms with Gasteiger partial charge in [-0.2, -0.15) is 0 Å². The molecule has 0 aliphatic heterocycles. The summed E-state index contributed by atoms with van der Waals surface area (Å²) < 4.78 is 0. The summed E-state index contributed by atoms with van der Waals surface area (Å²) in [6, 6.07) is 18.4. The van der Waals surface area contributed by atoms with Crippen LogP contribution in [-0.2, 0) is 0 Å². The number of benzene rings is 2. The van der Waals surface area contributed by atoms with Gasteiger partial charge in [0.05, 0.1) is 0 Å². The number of nitrogens with two attached hydrogens (primary N) is 1. The molecule has 2 aromatic carbocycles. The van der Waals surface area contributed by atoms with Gasteiger partial charge in [-0.1, -0.05) is 48.0 Å². The Hall–Kier alpha value is -0.960. The summed E-state index contributed by atoms with van der Waals surface area (Å²) in [4.78, 5) is 1.19. The highest BCUT2D eigenvalue weighted by Gasteiger charge is 2.12. The number of rotatable bonds is 5. The number of hydrogen-bond acceptors (Lipinski definition) is 2. The van der Waals surface area contributed by atoms with Crippen molar-refractivity contribution in [1.82, 2.24) is 0 Å². The second-order valence-electron chi connectivity index (χ2n) is 4.05. The van der Waals surface area contributed by atoms with Gasteiger partial charge < -0.3 is 5.73 Å². The first kappa shape index (κ1) is 13.5. The first-order valence-corrected chi connectivity index (χ1v) is 7.22. The lowest BCUT2D eigenvalue weighted by Gasteiger charge is -2.16. The van der Waals surface area contributed by atoms with E-state index < -0.39 is 0 Å². The summed E-state index contributed by atoms with van der Waals surface area (Å²) >= 11 is 7.83. The summed E-state index contributed by atoms with van der Waals surface area (Å²) in [7, 11) is 0. The van der Waals surface area contributed by atoms with Crippen molar-refractivity contribution in [2.45, 2.75) is 16.6 Å². The number of hydrogen-bond donors (Lipinski definition) is 1. The minimum atomic E-state index is 0.384. The van der Waals surface area contributed by atoms with E-state index in [0.717, 1.165) is 11.4 Å². The summed E-state index contributed by atoms with van der Waals surface area (Å²) in [5.74, 6) is 0. The van der Waals surface area contributed by atoms with E-state index in [9.17, 15) is 0 Å². The predicted molar refractivity (Wildman–Crippen MR) is 80.2 cm³/mol. The summed E-state index contributed by atoms with van der Waals surface area (Å²) in [6.07, 6.45) is 0.960. The maximum absolute atomic E-state index is 6.01. The molecule has 94 valence electrons. The normalized spacial score (nSPS) is 12.3. The van der Waals surface area contributed by atoms with Gasteiger partial charge in [0.2, 0.25) is 0 Å². The van der Waals surface area contributed by atoms with E-state index in [0.29, 0.717) is 11.8 Å². The molecule has 0 saturated carbocycles. The fourth-order valence-corrected chi connectivity index (χ4v) is 3.30. The Labute approximate surface area is 117 Å². The molecule has 0 fully saturated rings. The average Bonchev–Trinajstić information content (AvgIpc) is 2.39. The maximum atomic E-state index is 6.01. The van der Waals surface area contributed by atoms with Gasteiger partial charge in [0, 0.05) is 15.2 Å². The zero-order chi connectivity index (χ0) is 12.8. The molecule has 2 rings (SSSR count). The lowest BCUT2D eigenvalue weighted by Crippen LogP contribution is -2.04. The number of thioether (sulfide) groups is 1. The van der Waals surface area contributed by atoms with Crippen molar-refractivity contribution in [1.29, 1.82) is 0 Å². The fourth-order valence-electron chi connectivity index (χ4n) is 1.82. The van der Waals surface area contributed by atoms with Crippen LogP contribution in [0.2, 0.25) is 5.02 Å². The zero-order valence-electron chi connectivity index (χ0n) is 10.1. The van der Waals surface area contributed by atoms with Crippen LogP contribution < -0.4 is 5.73 Å². The third-order valence-corrected chi connectivity index (χ3v) is 4.23. The van der Waals surface area contributed by atoms with Crippen LogP contribution in [0.5, 0.6) is 0 Å². The molecule has 0 aromatic heterocycles. The van der Waals surface area contributed by atoms with Gasteiger partial charge >= 0.3 is 0 Å². The molecule has 18 heavy (non-hydrogen) atoms. The summed E-state index contributed by atoms with van der Waals surface area (Å²) in [5, 5.41) is 1.16. The lowest BCUT2D eigenvalue weighted by molar-refractivity contribution is 0.814. The molecular weight excluding hydrogens is 262 g/mol. The molecule has 0 spiro atoms. The third kappa shape index (κ3) is 3.77. The Morgan fingerprint density at radius 1 is 1.06 bits per heavy atom. The van der Waals surface area contributed by atoms with Crippen molar-refractivity contribution in [2.24, 2.45) is 5.73 Å². The minimum absolute atomic E-state index is 0.384. The molecule has 0 radical (unpaired) electrons. The molecule has 1 nitrogen and oxygen atoms in total. The topological polar surface area (TPSA) is 26.0 Å². The zero-order valence-corrected chi connectivity index (χ0v) is 11.6. The summed E-state index contributed by atoms with van der Waals surface area (Å²) in [6.45, 7) is 0.688. The van der Waals surface area contributed by atoms with Crippen molar-refractivity contribution < 1.29 is 0 Å². The third-order valence-electron chi connectivity index (χ3n) is 2.67. The van der Waals surface area contributed by atoms with E-state index in [1.807, 2.05) is 36.0 Å². The Bertz CT molecular complexity index is 487. The molecule has 0 bridgehead atoms. The van der Waals surface area contributed by atoms with Crippen LogP contribution in [0.4, 0.5) is 0 Å². The Morgan fingerprint density at radius 3 is 2.50 bits per heavy atom. The second kappa shape index (κ2) is 6.83. The SMILES string of the molecule is NCCC(Sc1cccc(Cl)c1)c1ccccc1. The molecule has 0 amide bonds. The van der Waals surface area contributed by atoms with E-state index in [4.69, 9.17) is 17.3 Å². The molecule has 0 aliphatic carbocycles. The van der Waals surface area contributed by atoms with Gasteiger partial charge in [-0.3, -0.25) is 0 Å². The quantitative estimate of drug-likeness (QED) is 0.813. The summed E-state index contributed by atoms with van der Waals surface area (Å²) in [5.41, 5.74) is 7.02. The standard InChI is InChI=1S/C15H16ClNS/c16-13-7-4-8-14(11-13)18-15(9-10-17)12-5-2-1-3-6-12/h1-8,11,15H,9-10,17H2. The van der Waals surface area contributed by atoms with E-state index in [-0.39, 0.29) is 0 Å². The van der Waals surface area contributed by atoms with Crippen molar-refractivity contribution in [3.05, 3.63) is 65.2 Å². The largest absolute Gasteiger partial charge is 0.330 e. The van der Waals surface area contributed by atoms with Crippen molar-refractivity contribution in [3.8, 4) is 0 Å². The van der Waals surface area contributed by atoms with Crippen LogP contribution in [0.25, 0.3) is 0 Å². The monoisotopic (exact) mass is 277 g/mol. The molecule has 1 atom stereocenters. The van der Waals surface area contributed by atoms with Crippen LogP contribution in [-0.4, -0.2) is 6.54 Å². The van der Waals surface area contributed by atoms with Crippen LogP contribution in [0.3, 0.4) is 0 Å².